The Balaban J connectivity index is 2.21. The lowest BCUT2D eigenvalue weighted by Crippen LogP contribution is -2.50. The standard InChI is InChI=1S/C14H15N3O3S/c1-2-14(18)16-7-9-17(10-8-16)21(19,20)13-6-4-3-5-12(13)11-15/h2-6H,1,7-10H2. The highest BCUT2D eigenvalue weighted by molar-refractivity contribution is 7.89. The molecule has 0 unspecified atom stereocenters. The maximum absolute atomic E-state index is 12.6. The van der Waals surface area contributed by atoms with E-state index >= 15 is 0 Å². The van der Waals surface area contributed by atoms with Gasteiger partial charge in [0.15, 0.2) is 0 Å². The molecule has 1 amide bonds. The van der Waals surface area contributed by atoms with Crippen LogP contribution < -0.4 is 0 Å². The summed E-state index contributed by atoms with van der Waals surface area (Å²) in [5.41, 5.74) is 0.127. The summed E-state index contributed by atoms with van der Waals surface area (Å²) >= 11 is 0. The zero-order valence-corrected chi connectivity index (χ0v) is 12.2. The molecule has 1 fully saturated rings. The quantitative estimate of drug-likeness (QED) is 0.765. The molecular weight excluding hydrogens is 290 g/mol. The van der Waals surface area contributed by atoms with E-state index in [1.165, 1.54) is 22.5 Å². The van der Waals surface area contributed by atoms with Gasteiger partial charge in [0.25, 0.3) is 0 Å². The van der Waals surface area contributed by atoms with Crippen LogP contribution >= 0.6 is 0 Å². The van der Waals surface area contributed by atoms with Crippen molar-refractivity contribution in [1.82, 2.24) is 9.21 Å². The van der Waals surface area contributed by atoms with E-state index in [9.17, 15) is 13.2 Å². The molecule has 0 aromatic heterocycles. The van der Waals surface area contributed by atoms with Gasteiger partial charge in [0.2, 0.25) is 15.9 Å². The molecule has 1 aliphatic heterocycles. The van der Waals surface area contributed by atoms with Crippen LogP contribution in [-0.4, -0.2) is 49.7 Å². The van der Waals surface area contributed by atoms with Crippen LogP contribution in [0.3, 0.4) is 0 Å². The van der Waals surface area contributed by atoms with E-state index in [0.717, 1.165) is 0 Å². The van der Waals surface area contributed by atoms with Crippen molar-refractivity contribution in [1.29, 1.82) is 5.26 Å². The Bertz CT molecular complexity index is 698. The number of rotatable bonds is 3. The number of sulfonamides is 1. The van der Waals surface area contributed by atoms with E-state index in [4.69, 9.17) is 5.26 Å². The third kappa shape index (κ3) is 2.96. The second-order valence-electron chi connectivity index (χ2n) is 4.54. The molecule has 0 saturated carbocycles. The van der Waals surface area contributed by atoms with E-state index in [2.05, 4.69) is 6.58 Å². The fourth-order valence-electron chi connectivity index (χ4n) is 2.20. The molecule has 0 spiro atoms. The number of carbonyl (C=O) groups excluding carboxylic acids is 1. The van der Waals surface area contributed by atoms with E-state index in [1.807, 2.05) is 6.07 Å². The Morgan fingerprint density at radius 3 is 2.43 bits per heavy atom. The average Bonchev–Trinajstić information content (AvgIpc) is 2.54. The molecule has 0 aliphatic carbocycles. The van der Waals surface area contributed by atoms with Crippen molar-refractivity contribution < 1.29 is 13.2 Å². The van der Waals surface area contributed by atoms with Crippen LogP contribution in [0, 0.1) is 11.3 Å². The lowest BCUT2D eigenvalue weighted by atomic mass is 10.2. The monoisotopic (exact) mass is 305 g/mol. The Hall–Kier alpha value is -2.17. The van der Waals surface area contributed by atoms with Crippen LogP contribution in [-0.2, 0) is 14.8 Å². The maximum atomic E-state index is 12.6. The minimum absolute atomic E-state index is 0.0102. The van der Waals surface area contributed by atoms with Gasteiger partial charge in [0, 0.05) is 26.2 Å². The average molecular weight is 305 g/mol. The van der Waals surface area contributed by atoms with Gasteiger partial charge in [-0.2, -0.15) is 9.57 Å². The van der Waals surface area contributed by atoms with Crippen molar-refractivity contribution in [2.24, 2.45) is 0 Å². The second-order valence-corrected chi connectivity index (χ2v) is 6.45. The van der Waals surface area contributed by atoms with Gasteiger partial charge in [0.05, 0.1) is 10.5 Å². The van der Waals surface area contributed by atoms with E-state index < -0.39 is 10.0 Å². The predicted molar refractivity (Wildman–Crippen MR) is 76.7 cm³/mol. The number of benzene rings is 1. The molecule has 1 aromatic carbocycles. The summed E-state index contributed by atoms with van der Waals surface area (Å²) in [7, 11) is -3.71. The molecule has 0 N–H and O–H groups in total. The van der Waals surface area contributed by atoms with Gasteiger partial charge >= 0.3 is 0 Å². The van der Waals surface area contributed by atoms with Crippen LogP contribution in [0.2, 0.25) is 0 Å². The molecule has 0 bridgehead atoms. The van der Waals surface area contributed by atoms with Gasteiger partial charge in [-0.15, -0.1) is 0 Å². The Morgan fingerprint density at radius 2 is 1.86 bits per heavy atom. The summed E-state index contributed by atoms with van der Waals surface area (Å²) in [5, 5.41) is 9.03. The molecule has 21 heavy (non-hydrogen) atoms. The largest absolute Gasteiger partial charge is 0.337 e. The summed E-state index contributed by atoms with van der Waals surface area (Å²) in [6, 6.07) is 8.01. The number of piperazine rings is 1. The third-order valence-corrected chi connectivity index (χ3v) is 5.31. The lowest BCUT2D eigenvalue weighted by Gasteiger charge is -2.33. The van der Waals surface area contributed by atoms with Gasteiger partial charge in [-0.3, -0.25) is 4.79 Å². The van der Waals surface area contributed by atoms with Crippen LogP contribution in [0.25, 0.3) is 0 Å². The van der Waals surface area contributed by atoms with E-state index in [1.54, 1.807) is 17.0 Å². The summed E-state index contributed by atoms with van der Waals surface area (Å²) < 4.78 is 26.4. The molecule has 110 valence electrons. The number of nitriles is 1. The predicted octanol–water partition coefficient (Wildman–Crippen LogP) is 0.577. The molecule has 7 heteroatoms. The van der Waals surface area contributed by atoms with Crippen molar-refractivity contribution >= 4 is 15.9 Å². The first-order chi connectivity index (χ1) is 10.0. The molecule has 1 aromatic rings. The van der Waals surface area contributed by atoms with Crippen molar-refractivity contribution in [2.75, 3.05) is 26.2 Å². The maximum Gasteiger partial charge on any atom is 0.246 e. The van der Waals surface area contributed by atoms with Gasteiger partial charge in [-0.25, -0.2) is 8.42 Å². The van der Waals surface area contributed by atoms with Crippen molar-refractivity contribution in [3.63, 3.8) is 0 Å². The zero-order chi connectivity index (χ0) is 15.5. The molecule has 1 saturated heterocycles. The molecule has 2 rings (SSSR count). The number of nitrogens with zero attached hydrogens (tertiary/aromatic N) is 3. The number of carbonyl (C=O) groups is 1. The summed E-state index contributed by atoms with van der Waals surface area (Å²) in [4.78, 5) is 13.1. The number of hydrogen-bond donors (Lipinski definition) is 0. The van der Waals surface area contributed by atoms with Gasteiger partial charge < -0.3 is 4.90 Å². The second kappa shape index (κ2) is 6.08. The van der Waals surface area contributed by atoms with Crippen molar-refractivity contribution in [3.8, 4) is 6.07 Å². The van der Waals surface area contributed by atoms with E-state index in [0.29, 0.717) is 13.1 Å². The Morgan fingerprint density at radius 1 is 1.24 bits per heavy atom. The van der Waals surface area contributed by atoms with Gasteiger partial charge in [0.1, 0.15) is 6.07 Å². The fraction of sp³-hybridized carbons (Fsp3) is 0.286. The highest BCUT2D eigenvalue weighted by Gasteiger charge is 2.30. The minimum atomic E-state index is -3.71. The molecule has 1 aliphatic rings. The van der Waals surface area contributed by atoms with Crippen LogP contribution in [0.4, 0.5) is 0 Å². The van der Waals surface area contributed by atoms with Crippen LogP contribution in [0.15, 0.2) is 41.8 Å². The first-order valence-electron chi connectivity index (χ1n) is 6.41. The number of hydrogen-bond acceptors (Lipinski definition) is 4. The Kier molecular flexibility index (Phi) is 4.40. The van der Waals surface area contributed by atoms with Gasteiger partial charge in [-0.05, 0) is 18.2 Å². The molecule has 1 heterocycles. The summed E-state index contributed by atoms with van der Waals surface area (Å²) in [5.74, 6) is -0.204. The highest BCUT2D eigenvalue weighted by atomic mass is 32.2. The summed E-state index contributed by atoms with van der Waals surface area (Å²) in [6.45, 7) is 4.47. The smallest absolute Gasteiger partial charge is 0.246 e. The first kappa shape index (κ1) is 15.2. The highest BCUT2D eigenvalue weighted by Crippen LogP contribution is 2.21. The SMILES string of the molecule is C=CC(=O)N1CCN(S(=O)(=O)c2ccccc2C#N)CC1. The topological polar surface area (TPSA) is 81.5 Å². The third-order valence-electron chi connectivity index (χ3n) is 3.35. The van der Waals surface area contributed by atoms with Crippen LogP contribution in [0.5, 0.6) is 0 Å². The minimum Gasteiger partial charge on any atom is -0.337 e. The molecular formula is C14H15N3O3S. The lowest BCUT2D eigenvalue weighted by molar-refractivity contribution is -0.127. The molecule has 0 atom stereocenters. The van der Waals surface area contributed by atoms with Crippen molar-refractivity contribution in [2.45, 2.75) is 4.90 Å². The number of amides is 1. The van der Waals surface area contributed by atoms with E-state index in [-0.39, 0.29) is 29.5 Å². The fourth-order valence-corrected chi connectivity index (χ4v) is 3.77. The normalized spacial score (nSPS) is 16.2. The molecule has 0 radical (unpaired) electrons. The Labute approximate surface area is 123 Å². The first-order valence-corrected chi connectivity index (χ1v) is 7.85. The van der Waals surface area contributed by atoms with Crippen LogP contribution in [0.1, 0.15) is 5.56 Å². The molecule has 6 nitrogen and oxygen atoms in total. The summed E-state index contributed by atoms with van der Waals surface area (Å²) in [6.07, 6.45) is 1.22. The van der Waals surface area contributed by atoms with Crippen molar-refractivity contribution in [3.05, 3.63) is 42.5 Å². The van der Waals surface area contributed by atoms with Gasteiger partial charge in [-0.1, -0.05) is 18.7 Å². The zero-order valence-electron chi connectivity index (χ0n) is 11.4.